The third-order valence-corrected chi connectivity index (χ3v) is 5.17. The number of nitrogens with zero attached hydrogens (tertiary/aromatic N) is 2. The van der Waals surface area contributed by atoms with Gasteiger partial charge in [-0.2, -0.15) is 5.10 Å². The van der Waals surface area contributed by atoms with E-state index in [1.807, 2.05) is 17.5 Å². The fraction of sp³-hybridized carbons (Fsp3) is 0.533. The molecular weight excluding hydrogens is 334 g/mol. The van der Waals surface area contributed by atoms with E-state index in [9.17, 15) is 0 Å². The molecule has 0 aliphatic heterocycles. The summed E-state index contributed by atoms with van der Waals surface area (Å²) in [5, 5.41) is 8.09. The minimum absolute atomic E-state index is 0.216. The standard InChI is InChI=1S/C15H22BrN3S/c1-4-9-19-15(12(16)10-18-19)14(17-6-3)13-8-7-11(5-2)20-13/h7-8,10,14,17H,4-6,9H2,1-3H3. The zero-order valence-corrected chi connectivity index (χ0v) is 14.7. The SMILES string of the molecule is CCCn1ncc(Br)c1C(NCC)c1ccc(CC)s1. The quantitative estimate of drug-likeness (QED) is 0.798. The number of thiophene rings is 1. The van der Waals surface area contributed by atoms with Gasteiger partial charge in [-0.3, -0.25) is 4.68 Å². The highest BCUT2D eigenvalue weighted by molar-refractivity contribution is 9.10. The first kappa shape index (κ1) is 15.7. The Hall–Kier alpha value is -0.650. The molecule has 2 aromatic rings. The predicted octanol–water partition coefficient (Wildman–Crippen LogP) is 4.38. The smallest absolute Gasteiger partial charge is 0.0853 e. The van der Waals surface area contributed by atoms with E-state index in [0.717, 1.165) is 30.4 Å². The van der Waals surface area contributed by atoms with Crippen LogP contribution in [0.5, 0.6) is 0 Å². The number of nitrogens with one attached hydrogen (secondary N) is 1. The van der Waals surface area contributed by atoms with Crippen molar-refractivity contribution in [2.75, 3.05) is 6.54 Å². The molecule has 1 unspecified atom stereocenters. The van der Waals surface area contributed by atoms with Gasteiger partial charge in [0.25, 0.3) is 0 Å². The first-order chi connectivity index (χ1) is 9.71. The van der Waals surface area contributed by atoms with Crippen LogP contribution in [0.2, 0.25) is 0 Å². The first-order valence-electron chi connectivity index (χ1n) is 7.24. The van der Waals surface area contributed by atoms with E-state index in [4.69, 9.17) is 0 Å². The number of hydrogen-bond acceptors (Lipinski definition) is 3. The molecule has 1 atom stereocenters. The molecule has 2 heterocycles. The summed E-state index contributed by atoms with van der Waals surface area (Å²) in [7, 11) is 0. The van der Waals surface area contributed by atoms with Crippen molar-refractivity contribution < 1.29 is 0 Å². The summed E-state index contributed by atoms with van der Waals surface area (Å²) < 4.78 is 3.20. The molecule has 5 heteroatoms. The maximum atomic E-state index is 4.50. The van der Waals surface area contributed by atoms with Crippen molar-refractivity contribution in [3.63, 3.8) is 0 Å². The number of aromatic nitrogens is 2. The Bertz CT molecular complexity index is 547. The Balaban J connectivity index is 2.39. The highest BCUT2D eigenvalue weighted by Gasteiger charge is 2.22. The molecule has 20 heavy (non-hydrogen) atoms. The molecule has 0 spiro atoms. The second-order valence-electron chi connectivity index (χ2n) is 4.75. The minimum Gasteiger partial charge on any atom is -0.305 e. The lowest BCUT2D eigenvalue weighted by molar-refractivity contribution is 0.522. The molecular formula is C15H22BrN3S. The molecule has 3 nitrogen and oxygen atoms in total. The number of rotatable bonds is 7. The van der Waals surface area contributed by atoms with Gasteiger partial charge >= 0.3 is 0 Å². The topological polar surface area (TPSA) is 29.9 Å². The third kappa shape index (κ3) is 3.32. The first-order valence-corrected chi connectivity index (χ1v) is 8.85. The van der Waals surface area contributed by atoms with Crippen LogP contribution in [0.25, 0.3) is 0 Å². The summed E-state index contributed by atoms with van der Waals surface area (Å²) >= 11 is 5.55. The van der Waals surface area contributed by atoms with Gasteiger partial charge in [0.05, 0.1) is 22.4 Å². The van der Waals surface area contributed by atoms with Crippen LogP contribution < -0.4 is 5.32 Å². The summed E-state index contributed by atoms with van der Waals surface area (Å²) in [6.07, 6.45) is 4.09. The summed E-state index contributed by atoms with van der Waals surface area (Å²) in [6.45, 7) is 8.43. The maximum Gasteiger partial charge on any atom is 0.0853 e. The minimum atomic E-state index is 0.216. The van der Waals surface area contributed by atoms with Gasteiger partial charge in [-0.05, 0) is 47.4 Å². The van der Waals surface area contributed by atoms with E-state index in [-0.39, 0.29) is 6.04 Å². The van der Waals surface area contributed by atoms with E-state index in [1.165, 1.54) is 15.4 Å². The Morgan fingerprint density at radius 1 is 1.35 bits per heavy atom. The largest absolute Gasteiger partial charge is 0.305 e. The fourth-order valence-electron chi connectivity index (χ4n) is 2.32. The summed E-state index contributed by atoms with van der Waals surface area (Å²) in [5.74, 6) is 0. The normalized spacial score (nSPS) is 12.8. The summed E-state index contributed by atoms with van der Waals surface area (Å²) in [6, 6.07) is 4.69. The molecule has 0 aromatic carbocycles. The van der Waals surface area contributed by atoms with Crippen LogP contribution in [0.15, 0.2) is 22.8 Å². The lowest BCUT2D eigenvalue weighted by atomic mass is 10.1. The summed E-state index contributed by atoms with van der Waals surface area (Å²) in [4.78, 5) is 2.79. The molecule has 2 rings (SSSR count). The molecule has 0 saturated carbocycles. The molecule has 0 fully saturated rings. The molecule has 0 radical (unpaired) electrons. The van der Waals surface area contributed by atoms with Crippen molar-refractivity contribution in [2.24, 2.45) is 0 Å². The molecule has 0 aliphatic carbocycles. The second-order valence-corrected chi connectivity index (χ2v) is 6.80. The van der Waals surface area contributed by atoms with E-state index in [2.05, 4.69) is 63.9 Å². The Kier molecular flexibility index (Phi) is 5.81. The molecule has 2 aromatic heterocycles. The molecule has 0 saturated heterocycles. The van der Waals surface area contributed by atoms with Gasteiger partial charge in [-0.1, -0.05) is 20.8 Å². The van der Waals surface area contributed by atoms with Crippen LogP contribution in [-0.2, 0) is 13.0 Å². The number of hydrogen-bond donors (Lipinski definition) is 1. The van der Waals surface area contributed by atoms with E-state index < -0.39 is 0 Å². The van der Waals surface area contributed by atoms with Crippen LogP contribution in [-0.4, -0.2) is 16.3 Å². The van der Waals surface area contributed by atoms with E-state index >= 15 is 0 Å². The van der Waals surface area contributed by atoms with Crippen LogP contribution in [0.3, 0.4) is 0 Å². The van der Waals surface area contributed by atoms with Gasteiger partial charge in [0, 0.05) is 16.3 Å². The predicted molar refractivity (Wildman–Crippen MR) is 89.4 cm³/mol. The highest BCUT2D eigenvalue weighted by Crippen LogP contribution is 2.33. The lowest BCUT2D eigenvalue weighted by Gasteiger charge is -2.19. The van der Waals surface area contributed by atoms with Crippen molar-refractivity contribution in [3.05, 3.63) is 38.3 Å². The van der Waals surface area contributed by atoms with Gasteiger partial charge in [0.15, 0.2) is 0 Å². The molecule has 0 bridgehead atoms. The molecule has 110 valence electrons. The number of halogens is 1. The molecule has 0 amide bonds. The van der Waals surface area contributed by atoms with Gasteiger partial charge < -0.3 is 5.32 Å². The van der Waals surface area contributed by atoms with Crippen molar-refractivity contribution in [1.29, 1.82) is 0 Å². The van der Waals surface area contributed by atoms with Crippen LogP contribution in [0, 0.1) is 0 Å². The van der Waals surface area contributed by atoms with Gasteiger partial charge in [0.2, 0.25) is 0 Å². The Labute approximate surface area is 133 Å². The highest BCUT2D eigenvalue weighted by atomic mass is 79.9. The average molecular weight is 356 g/mol. The summed E-state index contributed by atoms with van der Waals surface area (Å²) in [5.41, 5.74) is 1.23. The number of aryl methyl sites for hydroxylation is 2. The average Bonchev–Trinajstić information content (AvgIpc) is 3.05. The Morgan fingerprint density at radius 2 is 2.15 bits per heavy atom. The van der Waals surface area contributed by atoms with Crippen molar-refractivity contribution in [1.82, 2.24) is 15.1 Å². The monoisotopic (exact) mass is 355 g/mol. The third-order valence-electron chi connectivity index (χ3n) is 3.27. The van der Waals surface area contributed by atoms with Crippen LogP contribution >= 0.6 is 27.3 Å². The molecule has 1 N–H and O–H groups in total. The second kappa shape index (κ2) is 7.38. The zero-order valence-electron chi connectivity index (χ0n) is 12.3. The van der Waals surface area contributed by atoms with Crippen molar-refractivity contribution in [2.45, 2.75) is 46.2 Å². The van der Waals surface area contributed by atoms with Gasteiger partial charge in [-0.15, -0.1) is 11.3 Å². The fourth-order valence-corrected chi connectivity index (χ4v) is 3.88. The maximum absolute atomic E-state index is 4.50. The zero-order chi connectivity index (χ0) is 14.5. The molecule has 0 aliphatic rings. The lowest BCUT2D eigenvalue weighted by Crippen LogP contribution is -2.24. The van der Waals surface area contributed by atoms with Crippen molar-refractivity contribution >= 4 is 27.3 Å². The van der Waals surface area contributed by atoms with Gasteiger partial charge in [-0.25, -0.2) is 0 Å². The van der Waals surface area contributed by atoms with Gasteiger partial charge in [0.1, 0.15) is 0 Å². The van der Waals surface area contributed by atoms with Crippen LogP contribution in [0.4, 0.5) is 0 Å². The van der Waals surface area contributed by atoms with Crippen molar-refractivity contribution in [3.8, 4) is 0 Å². The van der Waals surface area contributed by atoms with Crippen LogP contribution in [0.1, 0.15) is 48.7 Å². The van der Waals surface area contributed by atoms with E-state index in [0.29, 0.717) is 0 Å². The Morgan fingerprint density at radius 3 is 2.75 bits per heavy atom. The van der Waals surface area contributed by atoms with E-state index in [1.54, 1.807) is 0 Å².